The molecule has 0 aromatic carbocycles. The lowest BCUT2D eigenvalue weighted by molar-refractivity contribution is 0.298. The van der Waals surface area contributed by atoms with Crippen LogP contribution < -0.4 is 5.32 Å². The number of sulfone groups is 1. The van der Waals surface area contributed by atoms with Crippen LogP contribution in [0.1, 0.15) is 27.2 Å². The average molecular weight is 248 g/mol. The van der Waals surface area contributed by atoms with Gasteiger partial charge in [0.1, 0.15) is 0 Å². The molecular weight excluding hydrogens is 224 g/mol. The van der Waals surface area contributed by atoms with Crippen LogP contribution in [0.3, 0.4) is 0 Å². The van der Waals surface area contributed by atoms with E-state index < -0.39 is 14.6 Å². The average Bonchev–Trinajstić information content (AvgIpc) is 2.50. The standard InChI is InChI=1S/C11H24N2O2S/c1-5-12-10-6-7-13(8-10)9-11(2,3)16(4,14)15/h10,12H,5-9H2,1-4H3. The lowest BCUT2D eigenvalue weighted by Crippen LogP contribution is -2.44. The lowest BCUT2D eigenvalue weighted by Gasteiger charge is -2.28. The molecule has 0 amide bonds. The van der Waals surface area contributed by atoms with Crippen molar-refractivity contribution in [2.45, 2.75) is 38.0 Å². The molecular formula is C11H24N2O2S. The molecule has 5 heteroatoms. The highest BCUT2D eigenvalue weighted by Gasteiger charge is 2.34. The minimum absolute atomic E-state index is 0.528. The fourth-order valence-electron chi connectivity index (χ4n) is 2.09. The van der Waals surface area contributed by atoms with Gasteiger partial charge in [-0.3, -0.25) is 0 Å². The van der Waals surface area contributed by atoms with E-state index in [4.69, 9.17) is 0 Å². The molecule has 1 N–H and O–H groups in total. The number of hydrogen-bond acceptors (Lipinski definition) is 4. The molecule has 0 bridgehead atoms. The minimum atomic E-state index is -2.98. The smallest absolute Gasteiger partial charge is 0.153 e. The van der Waals surface area contributed by atoms with Gasteiger partial charge in [-0.2, -0.15) is 0 Å². The monoisotopic (exact) mass is 248 g/mol. The zero-order valence-corrected chi connectivity index (χ0v) is 11.6. The summed E-state index contributed by atoms with van der Waals surface area (Å²) in [5.74, 6) is 0. The number of nitrogens with zero attached hydrogens (tertiary/aromatic N) is 1. The van der Waals surface area contributed by atoms with E-state index in [9.17, 15) is 8.42 Å². The summed E-state index contributed by atoms with van der Waals surface area (Å²) in [4.78, 5) is 2.24. The van der Waals surface area contributed by atoms with Gasteiger partial charge in [-0.15, -0.1) is 0 Å². The second-order valence-electron chi connectivity index (χ2n) is 5.31. The molecule has 1 rings (SSSR count). The molecule has 0 spiro atoms. The van der Waals surface area contributed by atoms with Gasteiger partial charge in [0.2, 0.25) is 0 Å². The van der Waals surface area contributed by atoms with Gasteiger partial charge in [-0.05, 0) is 33.4 Å². The molecule has 0 aliphatic carbocycles. The predicted molar refractivity (Wildman–Crippen MR) is 67.4 cm³/mol. The third-order valence-electron chi connectivity index (χ3n) is 3.37. The molecule has 0 aromatic heterocycles. The third-order valence-corrected chi connectivity index (χ3v) is 5.51. The van der Waals surface area contributed by atoms with Gasteiger partial charge in [0, 0.05) is 25.4 Å². The molecule has 0 radical (unpaired) electrons. The second kappa shape index (κ2) is 5.02. The zero-order chi connectivity index (χ0) is 12.4. The highest BCUT2D eigenvalue weighted by Crippen LogP contribution is 2.20. The van der Waals surface area contributed by atoms with Crippen LogP contribution in [0.5, 0.6) is 0 Å². The van der Waals surface area contributed by atoms with Crippen LogP contribution in [-0.4, -0.2) is 56.5 Å². The van der Waals surface area contributed by atoms with Crippen molar-refractivity contribution in [3.05, 3.63) is 0 Å². The van der Waals surface area contributed by atoms with Crippen LogP contribution in [0, 0.1) is 0 Å². The lowest BCUT2D eigenvalue weighted by atomic mass is 10.2. The Morgan fingerprint density at radius 2 is 2.06 bits per heavy atom. The summed E-state index contributed by atoms with van der Waals surface area (Å²) >= 11 is 0. The van der Waals surface area contributed by atoms with E-state index in [1.54, 1.807) is 0 Å². The van der Waals surface area contributed by atoms with Gasteiger partial charge < -0.3 is 10.2 Å². The zero-order valence-electron chi connectivity index (χ0n) is 10.8. The Balaban J connectivity index is 2.51. The molecule has 1 aliphatic rings. The number of hydrogen-bond donors (Lipinski definition) is 1. The first-order valence-corrected chi connectivity index (χ1v) is 7.81. The van der Waals surface area contributed by atoms with Crippen LogP contribution in [0.4, 0.5) is 0 Å². The van der Waals surface area contributed by atoms with E-state index >= 15 is 0 Å². The Kier molecular flexibility index (Phi) is 4.37. The topological polar surface area (TPSA) is 49.4 Å². The summed E-state index contributed by atoms with van der Waals surface area (Å²) in [6.45, 7) is 9.29. The summed E-state index contributed by atoms with van der Waals surface area (Å²) < 4.78 is 22.6. The van der Waals surface area contributed by atoms with E-state index in [1.165, 1.54) is 6.26 Å². The molecule has 1 heterocycles. The Morgan fingerprint density at radius 3 is 2.56 bits per heavy atom. The van der Waals surface area contributed by atoms with Gasteiger partial charge in [0.05, 0.1) is 4.75 Å². The molecule has 1 atom stereocenters. The second-order valence-corrected chi connectivity index (χ2v) is 7.96. The van der Waals surface area contributed by atoms with E-state index in [0.29, 0.717) is 12.6 Å². The van der Waals surface area contributed by atoms with Crippen LogP contribution in [0.2, 0.25) is 0 Å². The molecule has 1 saturated heterocycles. The Morgan fingerprint density at radius 1 is 1.44 bits per heavy atom. The van der Waals surface area contributed by atoms with Crippen molar-refractivity contribution in [2.75, 3.05) is 32.4 Å². The fraction of sp³-hybridized carbons (Fsp3) is 1.00. The third kappa shape index (κ3) is 3.43. The van der Waals surface area contributed by atoms with Crippen molar-refractivity contribution in [3.8, 4) is 0 Å². The summed E-state index contributed by atoms with van der Waals surface area (Å²) in [7, 11) is -2.98. The highest BCUT2D eigenvalue weighted by atomic mass is 32.2. The summed E-state index contributed by atoms with van der Waals surface area (Å²) in [5, 5.41) is 3.41. The van der Waals surface area contributed by atoms with Crippen molar-refractivity contribution < 1.29 is 8.42 Å². The number of rotatable bonds is 5. The quantitative estimate of drug-likeness (QED) is 0.769. The molecule has 1 aliphatic heterocycles. The van der Waals surface area contributed by atoms with Crippen LogP contribution in [-0.2, 0) is 9.84 Å². The van der Waals surface area contributed by atoms with E-state index in [-0.39, 0.29) is 0 Å². The van der Waals surface area contributed by atoms with Gasteiger partial charge >= 0.3 is 0 Å². The van der Waals surface area contributed by atoms with Crippen LogP contribution in [0.15, 0.2) is 0 Å². The molecule has 0 aromatic rings. The van der Waals surface area contributed by atoms with Gasteiger partial charge in [0.25, 0.3) is 0 Å². The Labute approximate surface area is 99.3 Å². The predicted octanol–water partition coefficient (Wildman–Crippen LogP) is 0.493. The van der Waals surface area contributed by atoms with Crippen LogP contribution in [0.25, 0.3) is 0 Å². The molecule has 0 saturated carbocycles. The summed E-state index contributed by atoms with van der Waals surface area (Å²) in [6, 6.07) is 0.528. The van der Waals surface area contributed by atoms with E-state index in [1.807, 2.05) is 13.8 Å². The first-order valence-electron chi connectivity index (χ1n) is 5.91. The van der Waals surface area contributed by atoms with Crippen molar-refractivity contribution >= 4 is 9.84 Å². The molecule has 1 unspecified atom stereocenters. The Hall–Kier alpha value is -0.130. The SMILES string of the molecule is CCNC1CCN(CC(C)(C)S(C)(=O)=O)C1. The first-order chi connectivity index (χ1) is 7.26. The Bertz CT molecular complexity index is 325. The van der Waals surface area contributed by atoms with Crippen molar-refractivity contribution in [1.29, 1.82) is 0 Å². The molecule has 16 heavy (non-hydrogen) atoms. The van der Waals surface area contributed by atoms with E-state index in [2.05, 4.69) is 17.1 Å². The number of likely N-dealkylation sites (tertiary alicyclic amines) is 1. The number of nitrogens with one attached hydrogen (secondary N) is 1. The van der Waals surface area contributed by atoms with Gasteiger partial charge in [0.15, 0.2) is 9.84 Å². The first kappa shape index (κ1) is 13.9. The van der Waals surface area contributed by atoms with Gasteiger partial charge in [-0.25, -0.2) is 8.42 Å². The highest BCUT2D eigenvalue weighted by molar-refractivity contribution is 7.92. The summed E-state index contributed by atoms with van der Waals surface area (Å²) in [5.41, 5.74) is 0. The van der Waals surface area contributed by atoms with Crippen molar-refractivity contribution in [3.63, 3.8) is 0 Å². The van der Waals surface area contributed by atoms with E-state index in [0.717, 1.165) is 26.1 Å². The number of likely N-dealkylation sites (N-methyl/N-ethyl adjacent to an activating group) is 1. The normalized spacial score (nSPS) is 23.9. The molecule has 96 valence electrons. The largest absolute Gasteiger partial charge is 0.313 e. The molecule has 1 fully saturated rings. The molecule has 4 nitrogen and oxygen atoms in total. The van der Waals surface area contributed by atoms with Crippen LogP contribution >= 0.6 is 0 Å². The summed E-state index contributed by atoms with van der Waals surface area (Å²) in [6.07, 6.45) is 2.44. The maximum Gasteiger partial charge on any atom is 0.153 e. The van der Waals surface area contributed by atoms with Crippen molar-refractivity contribution in [1.82, 2.24) is 10.2 Å². The van der Waals surface area contributed by atoms with Gasteiger partial charge in [-0.1, -0.05) is 6.92 Å². The van der Waals surface area contributed by atoms with Crippen molar-refractivity contribution in [2.24, 2.45) is 0 Å². The minimum Gasteiger partial charge on any atom is -0.313 e. The maximum atomic E-state index is 11.6. The maximum absolute atomic E-state index is 11.6. The fourth-order valence-corrected chi connectivity index (χ4v) is 2.50.